The number of carbonyl (C=O) groups excluding carboxylic acids is 4. The van der Waals surface area contributed by atoms with Crippen molar-refractivity contribution in [3.05, 3.63) is 35.4 Å². The van der Waals surface area contributed by atoms with Crippen LogP contribution in [-0.2, 0) is 23.9 Å². The van der Waals surface area contributed by atoms with Crippen LogP contribution >= 0.6 is 0 Å². The SMILES string of the molecule is COC(=O)[C@@H]1CO[C@H](CCC(=O)ON2C(=O)c3ccccc3C2=O)C1. The van der Waals surface area contributed by atoms with Crippen LogP contribution in [-0.4, -0.2) is 48.6 Å². The van der Waals surface area contributed by atoms with E-state index in [2.05, 4.69) is 4.74 Å². The molecule has 0 N–H and O–H groups in total. The maximum absolute atomic E-state index is 12.1. The van der Waals surface area contributed by atoms with Gasteiger partial charge in [0.2, 0.25) is 0 Å². The van der Waals surface area contributed by atoms with E-state index in [1.54, 1.807) is 12.1 Å². The monoisotopic (exact) mass is 347 g/mol. The molecular weight excluding hydrogens is 330 g/mol. The fourth-order valence-corrected chi connectivity index (χ4v) is 2.91. The first-order valence-corrected chi connectivity index (χ1v) is 7.89. The maximum Gasteiger partial charge on any atom is 0.333 e. The van der Waals surface area contributed by atoms with Gasteiger partial charge in [0.25, 0.3) is 11.8 Å². The maximum atomic E-state index is 12.1. The summed E-state index contributed by atoms with van der Waals surface area (Å²) in [4.78, 5) is 52.5. The molecule has 132 valence electrons. The highest BCUT2D eigenvalue weighted by atomic mass is 16.7. The number of esters is 1. The molecule has 8 heteroatoms. The van der Waals surface area contributed by atoms with Crippen LogP contribution in [0, 0.1) is 5.92 Å². The molecule has 0 aromatic heterocycles. The quantitative estimate of drug-likeness (QED) is 0.581. The topological polar surface area (TPSA) is 99.2 Å². The second-order valence-electron chi connectivity index (χ2n) is 5.86. The number of hydrogen-bond acceptors (Lipinski definition) is 7. The molecule has 0 saturated carbocycles. The molecule has 1 aromatic carbocycles. The fourth-order valence-electron chi connectivity index (χ4n) is 2.91. The van der Waals surface area contributed by atoms with Crippen molar-refractivity contribution in [1.29, 1.82) is 0 Å². The van der Waals surface area contributed by atoms with Gasteiger partial charge in [-0.05, 0) is 25.0 Å². The number of nitrogens with zero attached hydrogens (tertiary/aromatic N) is 1. The summed E-state index contributed by atoms with van der Waals surface area (Å²) < 4.78 is 10.1. The van der Waals surface area contributed by atoms with Gasteiger partial charge in [-0.2, -0.15) is 0 Å². The molecular formula is C17H17NO7. The van der Waals surface area contributed by atoms with Gasteiger partial charge in [-0.15, -0.1) is 0 Å². The zero-order valence-electron chi connectivity index (χ0n) is 13.6. The summed E-state index contributed by atoms with van der Waals surface area (Å²) in [6.45, 7) is 0.255. The molecule has 2 amide bonds. The summed E-state index contributed by atoms with van der Waals surface area (Å²) in [5, 5.41) is 0.486. The molecule has 0 spiro atoms. The van der Waals surface area contributed by atoms with Crippen LogP contribution in [0.4, 0.5) is 0 Å². The van der Waals surface area contributed by atoms with Crippen molar-refractivity contribution in [3.8, 4) is 0 Å². The lowest BCUT2D eigenvalue weighted by Crippen LogP contribution is -2.32. The van der Waals surface area contributed by atoms with Crippen LogP contribution in [0.2, 0.25) is 0 Å². The molecule has 2 atom stereocenters. The van der Waals surface area contributed by atoms with E-state index in [0.29, 0.717) is 17.9 Å². The Morgan fingerprint density at radius 2 is 1.84 bits per heavy atom. The number of carbonyl (C=O) groups is 4. The minimum atomic E-state index is -0.709. The first-order valence-electron chi connectivity index (χ1n) is 7.89. The average Bonchev–Trinajstić information content (AvgIpc) is 3.19. The molecule has 1 saturated heterocycles. The van der Waals surface area contributed by atoms with Crippen molar-refractivity contribution in [3.63, 3.8) is 0 Å². The molecule has 0 aliphatic carbocycles. The van der Waals surface area contributed by atoms with Crippen LogP contribution in [0.3, 0.4) is 0 Å². The van der Waals surface area contributed by atoms with Gasteiger partial charge in [-0.25, -0.2) is 4.79 Å². The summed E-state index contributed by atoms with van der Waals surface area (Å²) in [5.74, 6) is -2.69. The van der Waals surface area contributed by atoms with Crippen LogP contribution in [0.5, 0.6) is 0 Å². The van der Waals surface area contributed by atoms with Crippen molar-refractivity contribution in [2.75, 3.05) is 13.7 Å². The Labute approximate surface area is 143 Å². The number of hydrogen-bond donors (Lipinski definition) is 0. The Balaban J connectivity index is 1.50. The molecule has 0 unspecified atom stereocenters. The van der Waals surface area contributed by atoms with Gasteiger partial charge in [0, 0.05) is 0 Å². The van der Waals surface area contributed by atoms with Crippen molar-refractivity contribution >= 4 is 23.8 Å². The summed E-state index contributed by atoms with van der Waals surface area (Å²) >= 11 is 0. The van der Waals surface area contributed by atoms with E-state index >= 15 is 0 Å². The van der Waals surface area contributed by atoms with Crippen LogP contribution in [0.15, 0.2) is 24.3 Å². The molecule has 1 aromatic rings. The number of benzene rings is 1. The fraction of sp³-hybridized carbons (Fsp3) is 0.412. The van der Waals surface area contributed by atoms with Gasteiger partial charge in [0.05, 0.1) is 43.3 Å². The van der Waals surface area contributed by atoms with E-state index in [9.17, 15) is 19.2 Å². The summed E-state index contributed by atoms with van der Waals surface area (Å²) in [5.41, 5.74) is 0.417. The van der Waals surface area contributed by atoms with Crippen LogP contribution in [0.1, 0.15) is 40.0 Å². The average molecular weight is 347 g/mol. The number of imide groups is 1. The Morgan fingerprint density at radius 3 is 2.44 bits per heavy atom. The number of fused-ring (bicyclic) bond motifs is 1. The van der Waals surface area contributed by atoms with Gasteiger partial charge in [0.1, 0.15) is 0 Å². The Hall–Kier alpha value is -2.74. The minimum absolute atomic E-state index is 0.0357. The standard InChI is InChI=1S/C17H17NO7/c1-23-17(22)10-8-11(24-9-10)6-7-14(19)25-18-15(20)12-4-2-3-5-13(12)16(18)21/h2-5,10-11H,6-9H2,1H3/t10-,11+/m0/s1. The van der Waals surface area contributed by atoms with Crippen molar-refractivity contribution in [2.45, 2.75) is 25.4 Å². The highest BCUT2D eigenvalue weighted by Crippen LogP contribution is 2.25. The second kappa shape index (κ2) is 7.02. The van der Waals surface area contributed by atoms with E-state index < -0.39 is 17.8 Å². The summed E-state index contributed by atoms with van der Waals surface area (Å²) in [6.07, 6.45) is 0.493. The highest BCUT2D eigenvalue weighted by molar-refractivity contribution is 6.20. The van der Waals surface area contributed by atoms with Crippen molar-refractivity contribution < 1.29 is 33.5 Å². The first kappa shape index (κ1) is 17.1. The number of methoxy groups -OCH3 is 1. The highest BCUT2D eigenvalue weighted by Gasteiger charge is 2.39. The first-order chi connectivity index (χ1) is 12.0. The molecule has 1 fully saturated rings. The third-order valence-electron chi connectivity index (χ3n) is 4.24. The zero-order chi connectivity index (χ0) is 18.0. The van der Waals surface area contributed by atoms with Gasteiger partial charge < -0.3 is 14.3 Å². The molecule has 3 rings (SSSR count). The van der Waals surface area contributed by atoms with Gasteiger partial charge in [0.15, 0.2) is 0 Å². The molecule has 2 aliphatic heterocycles. The lowest BCUT2D eigenvalue weighted by molar-refractivity contribution is -0.169. The summed E-state index contributed by atoms with van der Waals surface area (Å²) in [7, 11) is 1.31. The predicted molar refractivity (Wildman–Crippen MR) is 82.1 cm³/mol. The largest absolute Gasteiger partial charge is 0.469 e. The van der Waals surface area contributed by atoms with E-state index in [0.717, 1.165) is 0 Å². The molecule has 0 radical (unpaired) electrons. The van der Waals surface area contributed by atoms with E-state index in [1.807, 2.05) is 0 Å². The lowest BCUT2D eigenvalue weighted by atomic mass is 10.0. The van der Waals surface area contributed by atoms with Crippen molar-refractivity contribution in [2.24, 2.45) is 5.92 Å². The Morgan fingerprint density at radius 1 is 1.20 bits per heavy atom. The molecule has 2 aliphatic rings. The predicted octanol–water partition coefficient (Wildman–Crippen LogP) is 1.10. The van der Waals surface area contributed by atoms with Crippen LogP contribution in [0.25, 0.3) is 0 Å². The molecule has 8 nitrogen and oxygen atoms in total. The van der Waals surface area contributed by atoms with E-state index in [1.165, 1.54) is 19.2 Å². The molecule has 0 bridgehead atoms. The third-order valence-corrected chi connectivity index (χ3v) is 4.24. The second-order valence-corrected chi connectivity index (χ2v) is 5.86. The molecule has 2 heterocycles. The zero-order valence-corrected chi connectivity index (χ0v) is 13.6. The third kappa shape index (κ3) is 3.39. The van der Waals surface area contributed by atoms with E-state index in [4.69, 9.17) is 9.57 Å². The smallest absolute Gasteiger partial charge is 0.333 e. The van der Waals surface area contributed by atoms with Gasteiger partial charge >= 0.3 is 11.9 Å². The van der Waals surface area contributed by atoms with Crippen molar-refractivity contribution in [1.82, 2.24) is 5.06 Å². The van der Waals surface area contributed by atoms with Gasteiger partial charge in [-0.3, -0.25) is 14.4 Å². The molecule has 25 heavy (non-hydrogen) atoms. The number of amides is 2. The van der Waals surface area contributed by atoms with Gasteiger partial charge in [-0.1, -0.05) is 17.2 Å². The number of ether oxygens (including phenoxy) is 2. The summed E-state index contributed by atoms with van der Waals surface area (Å²) in [6, 6.07) is 6.26. The minimum Gasteiger partial charge on any atom is -0.469 e. The Kier molecular flexibility index (Phi) is 4.80. The number of rotatable bonds is 5. The normalized spacial score (nSPS) is 22.0. The Bertz CT molecular complexity index is 694. The number of hydroxylamine groups is 2. The van der Waals surface area contributed by atoms with Crippen LogP contribution < -0.4 is 0 Å². The van der Waals surface area contributed by atoms with E-state index in [-0.39, 0.29) is 42.1 Å². The lowest BCUT2D eigenvalue weighted by Gasteiger charge is -2.13.